The molecule has 3 rings (SSSR count). The van der Waals surface area contributed by atoms with Gasteiger partial charge in [-0.3, -0.25) is 4.79 Å². The van der Waals surface area contributed by atoms with Gasteiger partial charge in [0.25, 0.3) is 5.91 Å². The van der Waals surface area contributed by atoms with E-state index in [9.17, 15) is 4.79 Å². The minimum atomic E-state index is -0.603. The third kappa shape index (κ3) is 5.16. The molecule has 1 unspecified atom stereocenters. The van der Waals surface area contributed by atoms with Crippen LogP contribution in [0.2, 0.25) is 0 Å². The zero-order chi connectivity index (χ0) is 19.1. The molecule has 144 valence electrons. The second-order valence-electron chi connectivity index (χ2n) is 6.84. The van der Waals surface area contributed by atoms with Gasteiger partial charge in [0.15, 0.2) is 17.6 Å². The topological polar surface area (TPSA) is 50.8 Å². The lowest BCUT2D eigenvalue weighted by molar-refractivity contribution is -0.127. The zero-order valence-electron chi connectivity index (χ0n) is 16.1. The van der Waals surface area contributed by atoms with Crippen LogP contribution in [0.4, 0.5) is 5.69 Å². The highest BCUT2D eigenvalue weighted by Gasteiger charge is 2.16. The maximum absolute atomic E-state index is 12.3. The predicted molar refractivity (Wildman–Crippen MR) is 107 cm³/mol. The van der Waals surface area contributed by atoms with E-state index in [2.05, 4.69) is 34.5 Å². The van der Waals surface area contributed by atoms with Gasteiger partial charge in [-0.05, 0) is 56.0 Å². The number of piperidine rings is 1. The second-order valence-corrected chi connectivity index (χ2v) is 6.84. The number of benzene rings is 2. The summed E-state index contributed by atoms with van der Waals surface area (Å²) in [6, 6.07) is 15.8. The maximum Gasteiger partial charge on any atom is 0.261 e. The summed E-state index contributed by atoms with van der Waals surface area (Å²) in [5.74, 6) is 1.03. The van der Waals surface area contributed by atoms with Crippen LogP contribution in [0.25, 0.3) is 0 Å². The number of rotatable bonds is 7. The zero-order valence-corrected chi connectivity index (χ0v) is 16.1. The maximum atomic E-state index is 12.3. The summed E-state index contributed by atoms with van der Waals surface area (Å²) in [4.78, 5) is 14.8. The Morgan fingerprint density at radius 1 is 1.04 bits per heavy atom. The summed E-state index contributed by atoms with van der Waals surface area (Å²) < 4.78 is 11.0. The van der Waals surface area contributed by atoms with Gasteiger partial charge in [0.05, 0.1) is 7.11 Å². The first-order valence-electron chi connectivity index (χ1n) is 9.58. The molecular weight excluding hydrogens is 340 g/mol. The predicted octanol–water partition coefficient (Wildman–Crippen LogP) is 3.77. The molecule has 0 radical (unpaired) electrons. The lowest BCUT2D eigenvalue weighted by Gasteiger charge is -2.28. The number of carbonyl (C=O) groups excluding carboxylic acids is 1. The Bertz CT molecular complexity index is 739. The van der Waals surface area contributed by atoms with Gasteiger partial charge >= 0.3 is 0 Å². The van der Waals surface area contributed by atoms with E-state index in [0.29, 0.717) is 18.0 Å². The molecule has 0 spiro atoms. The number of anilines is 1. The summed E-state index contributed by atoms with van der Waals surface area (Å²) >= 11 is 0. The second kappa shape index (κ2) is 9.31. The molecule has 1 heterocycles. The third-order valence-corrected chi connectivity index (χ3v) is 4.87. The number of amides is 1. The van der Waals surface area contributed by atoms with Crippen LogP contribution in [0.3, 0.4) is 0 Å². The van der Waals surface area contributed by atoms with Crippen molar-refractivity contribution in [1.82, 2.24) is 5.32 Å². The van der Waals surface area contributed by atoms with Crippen LogP contribution in [0, 0.1) is 0 Å². The number of methoxy groups -OCH3 is 1. The average Bonchev–Trinajstić information content (AvgIpc) is 2.73. The number of carbonyl (C=O) groups is 1. The van der Waals surface area contributed by atoms with Gasteiger partial charge in [0.2, 0.25) is 0 Å². The highest BCUT2D eigenvalue weighted by atomic mass is 16.5. The van der Waals surface area contributed by atoms with Crippen molar-refractivity contribution in [3.63, 3.8) is 0 Å². The molecule has 1 aliphatic heterocycles. The first-order valence-corrected chi connectivity index (χ1v) is 9.58. The van der Waals surface area contributed by atoms with E-state index in [-0.39, 0.29) is 5.91 Å². The summed E-state index contributed by atoms with van der Waals surface area (Å²) in [5, 5.41) is 2.94. The van der Waals surface area contributed by atoms with Gasteiger partial charge in [-0.2, -0.15) is 0 Å². The van der Waals surface area contributed by atoms with Crippen molar-refractivity contribution in [1.29, 1.82) is 0 Å². The number of nitrogens with zero attached hydrogens (tertiary/aromatic N) is 1. The molecule has 5 nitrogen and oxygen atoms in total. The van der Waals surface area contributed by atoms with Gasteiger partial charge in [-0.1, -0.05) is 24.3 Å². The van der Waals surface area contributed by atoms with Gasteiger partial charge in [-0.25, -0.2) is 0 Å². The summed E-state index contributed by atoms with van der Waals surface area (Å²) in [5.41, 5.74) is 2.34. The van der Waals surface area contributed by atoms with Crippen LogP contribution in [-0.2, 0) is 11.3 Å². The normalized spacial score (nSPS) is 15.1. The Morgan fingerprint density at radius 3 is 2.37 bits per heavy atom. The molecule has 1 aliphatic rings. The Morgan fingerprint density at radius 2 is 1.70 bits per heavy atom. The van der Waals surface area contributed by atoms with Crippen LogP contribution < -0.4 is 19.7 Å². The molecule has 1 atom stereocenters. The fourth-order valence-electron chi connectivity index (χ4n) is 3.27. The standard InChI is InChI=1S/C22H28N2O3/c1-17(27-21-9-5-4-8-20(21)26-2)22(25)23-16-18-10-12-19(13-11-18)24-14-6-3-7-15-24/h4-5,8-13,17H,3,6-7,14-16H2,1-2H3,(H,23,25). The van der Waals surface area contributed by atoms with E-state index in [1.807, 2.05) is 18.2 Å². The smallest absolute Gasteiger partial charge is 0.261 e. The van der Waals surface area contributed by atoms with E-state index in [4.69, 9.17) is 9.47 Å². The molecule has 1 amide bonds. The molecule has 1 fully saturated rings. The Balaban J connectivity index is 1.50. The van der Waals surface area contributed by atoms with Gasteiger partial charge in [-0.15, -0.1) is 0 Å². The SMILES string of the molecule is COc1ccccc1OC(C)C(=O)NCc1ccc(N2CCCCC2)cc1. The summed E-state index contributed by atoms with van der Waals surface area (Å²) in [6.45, 7) is 4.49. The molecule has 0 aliphatic carbocycles. The van der Waals surface area contributed by atoms with Crippen LogP contribution in [0.1, 0.15) is 31.7 Å². The lowest BCUT2D eigenvalue weighted by Crippen LogP contribution is -2.36. The third-order valence-electron chi connectivity index (χ3n) is 4.87. The molecule has 2 aromatic carbocycles. The first kappa shape index (κ1) is 19.1. The molecule has 1 saturated heterocycles. The van der Waals surface area contributed by atoms with E-state index in [0.717, 1.165) is 18.7 Å². The first-order chi connectivity index (χ1) is 13.2. The van der Waals surface area contributed by atoms with Crippen molar-refractivity contribution in [2.75, 3.05) is 25.1 Å². The molecule has 0 saturated carbocycles. The number of nitrogens with one attached hydrogen (secondary N) is 1. The minimum Gasteiger partial charge on any atom is -0.493 e. The molecule has 1 N–H and O–H groups in total. The van der Waals surface area contributed by atoms with Crippen LogP contribution in [-0.4, -0.2) is 32.2 Å². The quantitative estimate of drug-likeness (QED) is 0.808. The molecule has 0 bridgehead atoms. The molecule has 2 aromatic rings. The Labute approximate surface area is 161 Å². The largest absolute Gasteiger partial charge is 0.493 e. The monoisotopic (exact) mass is 368 g/mol. The Kier molecular flexibility index (Phi) is 6.58. The van der Waals surface area contributed by atoms with Crippen molar-refractivity contribution in [2.24, 2.45) is 0 Å². The van der Waals surface area contributed by atoms with Crippen LogP contribution >= 0.6 is 0 Å². The summed E-state index contributed by atoms with van der Waals surface area (Å²) in [6.07, 6.45) is 3.26. The molecular formula is C22H28N2O3. The number of para-hydroxylation sites is 2. The van der Waals surface area contributed by atoms with Crippen molar-refractivity contribution in [2.45, 2.75) is 38.8 Å². The van der Waals surface area contributed by atoms with E-state index >= 15 is 0 Å². The lowest BCUT2D eigenvalue weighted by atomic mass is 10.1. The average molecular weight is 368 g/mol. The molecule has 0 aromatic heterocycles. The highest BCUT2D eigenvalue weighted by Crippen LogP contribution is 2.26. The Hall–Kier alpha value is -2.69. The summed E-state index contributed by atoms with van der Waals surface area (Å²) in [7, 11) is 1.58. The minimum absolute atomic E-state index is 0.152. The molecule has 5 heteroatoms. The van der Waals surface area contributed by atoms with Crippen molar-refractivity contribution < 1.29 is 14.3 Å². The van der Waals surface area contributed by atoms with E-state index < -0.39 is 6.10 Å². The van der Waals surface area contributed by atoms with Gasteiger partial charge < -0.3 is 19.7 Å². The fourth-order valence-corrected chi connectivity index (χ4v) is 3.27. The van der Waals surface area contributed by atoms with Crippen molar-refractivity contribution in [3.05, 3.63) is 54.1 Å². The highest BCUT2D eigenvalue weighted by molar-refractivity contribution is 5.80. The fraction of sp³-hybridized carbons (Fsp3) is 0.409. The van der Waals surface area contributed by atoms with Gasteiger partial charge in [0.1, 0.15) is 0 Å². The van der Waals surface area contributed by atoms with Gasteiger partial charge in [0, 0.05) is 25.3 Å². The molecule has 27 heavy (non-hydrogen) atoms. The van der Waals surface area contributed by atoms with Crippen molar-refractivity contribution >= 4 is 11.6 Å². The number of hydrogen-bond acceptors (Lipinski definition) is 4. The number of ether oxygens (including phenoxy) is 2. The van der Waals surface area contributed by atoms with Crippen LogP contribution in [0.15, 0.2) is 48.5 Å². The van der Waals surface area contributed by atoms with E-state index in [1.165, 1.54) is 24.9 Å². The number of hydrogen-bond donors (Lipinski definition) is 1. The van der Waals surface area contributed by atoms with Crippen LogP contribution in [0.5, 0.6) is 11.5 Å². The van der Waals surface area contributed by atoms with E-state index in [1.54, 1.807) is 20.1 Å². The van der Waals surface area contributed by atoms with Crippen molar-refractivity contribution in [3.8, 4) is 11.5 Å².